The standard InChI is InChI=1S/C17H25F2N3O2/c1-3-20-17(21-11-15-5-4-10-23-15)22(2)12-13-6-8-14(9-7-13)24-16(18)19/h6-9,15-16H,3-5,10-12H2,1-2H3,(H,20,21). The largest absolute Gasteiger partial charge is 0.435 e. The SMILES string of the molecule is CCNC(=NCC1CCCO1)N(C)Cc1ccc(OC(F)F)cc1. The third-order valence-corrected chi connectivity index (χ3v) is 3.73. The van der Waals surface area contributed by atoms with E-state index < -0.39 is 6.61 Å². The van der Waals surface area contributed by atoms with Gasteiger partial charge in [0.1, 0.15) is 5.75 Å². The lowest BCUT2D eigenvalue weighted by molar-refractivity contribution is -0.0498. The molecule has 1 saturated heterocycles. The zero-order valence-corrected chi connectivity index (χ0v) is 14.2. The Bertz CT molecular complexity index is 517. The average molecular weight is 341 g/mol. The van der Waals surface area contributed by atoms with Crippen molar-refractivity contribution in [1.82, 2.24) is 10.2 Å². The van der Waals surface area contributed by atoms with Crippen LogP contribution in [-0.2, 0) is 11.3 Å². The van der Waals surface area contributed by atoms with Crippen molar-refractivity contribution < 1.29 is 18.3 Å². The highest BCUT2D eigenvalue weighted by molar-refractivity contribution is 5.79. The van der Waals surface area contributed by atoms with Gasteiger partial charge in [-0.3, -0.25) is 4.99 Å². The summed E-state index contributed by atoms with van der Waals surface area (Å²) in [4.78, 5) is 6.63. The van der Waals surface area contributed by atoms with Gasteiger partial charge in [0.2, 0.25) is 0 Å². The molecule has 1 atom stereocenters. The van der Waals surface area contributed by atoms with Crippen LogP contribution in [0, 0.1) is 0 Å². The van der Waals surface area contributed by atoms with Gasteiger partial charge >= 0.3 is 6.61 Å². The third kappa shape index (κ3) is 5.96. The first-order valence-corrected chi connectivity index (χ1v) is 8.23. The second-order valence-electron chi connectivity index (χ2n) is 5.71. The number of ether oxygens (including phenoxy) is 2. The summed E-state index contributed by atoms with van der Waals surface area (Å²) in [7, 11) is 1.95. The monoisotopic (exact) mass is 341 g/mol. The molecule has 0 aliphatic carbocycles. The normalized spacial score (nSPS) is 18.0. The molecule has 1 aliphatic heterocycles. The molecule has 0 radical (unpaired) electrons. The summed E-state index contributed by atoms with van der Waals surface area (Å²) in [5.74, 6) is 0.969. The summed E-state index contributed by atoms with van der Waals surface area (Å²) >= 11 is 0. The minimum atomic E-state index is -2.80. The van der Waals surface area contributed by atoms with Crippen molar-refractivity contribution >= 4 is 5.96 Å². The van der Waals surface area contributed by atoms with E-state index in [-0.39, 0.29) is 11.9 Å². The predicted octanol–water partition coefficient (Wildman–Crippen LogP) is 2.86. The lowest BCUT2D eigenvalue weighted by Gasteiger charge is -2.22. The second-order valence-corrected chi connectivity index (χ2v) is 5.71. The number of alkyl halides is 2. The molecular formula is C17H25F2N3O2. The van der Waals surface area contributed by atoms with Crippen LogP contribution in [0.1, 0.15) is 25.3 Å². The fourth-order valence-corrected chi connectivity index (χ4v) is 2.57. The van der Waals surface area contributed by atoms with Crippen LogP contribution in [0.5, 0.6) is 5.75 Å². The van der Waals surface area contributed by atoms with Gasteiger partial charge < -0.3 is 19.7 Å². The van der Waals surface area contributed by atoms with E-state index in [0.717, 1.165) is 37.5 Å². The molecular weight excluding hydrogens is 316 g/mol. The minimum Gasteiger partial charge on any atom is -0.435 e. The molecule has 1 heterocycles. The van der Waals surface area contributed by atoms with Crippen LogP contribution in [0.4, 0.5) is 8.78 Å². The van der Waals surface area contributed by atoms with Crippen molar-refractivity contribution in [1.29, 1.82) is 0 Å². The lowest BCUT2D eigenvalue weighted by atomic mass is 10.2. The first kappa shape index (κ1) is 18.4. The molecule has 24 heavy (non-hydrogen) atoms. The number of halogens is 2. The fraction of sp³-hybridized carbons (Fsp3) is 0.588. The number of aliphatic imine (C=N–C) groups is 1. The topological polar surface area (TPSA) is 46.1 Å². The van der Waals surface area contributed by atoms with E-state index in [1.54, 1.807) is 24.3 Å². The van der Waals surface area contributed by atoms with Gasteiger partial charge in [-0.2, -0.15) is 8.78 Å². The van der Waals surface area contributed by atoms with Gasteiger partial charge in [0.05, 0.1) is 12.6 Å². The molecule has 1 aromatic rings. The van der Waals surface area contributed by atoms with E-state index in [2.05, 4.69) is 15.0 Å². The molecule has 1 aromatic carbocycles. The molecule has 0 amide bonds. The van der Waals surface area contributed by atoms with Crippen LogP contribution >= 0.6 is 0 Å². The smallest absolute Gasteiger partial charge is 0.387 e. The van der Waals surface area contributed by atoms with Crippen LogP contribution in [0.3, 0.4) is 0 Å². The predicted molar refractivity (Wildman–Crippen MR) is 89.5 cm³/mol. The highest BCUT2D eigenvalue weighted by atomic mass is 19.3. The first-order valence-electron chi connectivity index (χ1n) is 8.23. The maximum atomic E-state index is 12.2. The van der Waals surface area contributed by atoms with E-state index in [9.17, 15) is 8.78 Å². The zero-order valence-electron chi connectivity index (χ0n) is 14.2. The van der Waals surface area contributed by atoms with Crippen molar-refractivity contribution in [3.63, 3.8) is 0 Å². The summed E-state index contributed by atoms with van der Waals surface area (Å²) in [6.45, 7) is 2.07. The fourth-order valence-electron chi connectivity index (χ4n) is 2.57. The van der Waals surface area contributed by atoms with Crippen molar-refractivity contribution in [3.8, 4) is 5.75 Å². The summed E-state index contributed by atoms with van der Waals surface area (Å²) in [5, 5.41) is 3.26. The maximum Gasteiger partial charge on any atom is 0.387 e. The molecule has 0 bridgehead atoms. The number of nitrogens with zero attached hydrogens (tertiary/aromatic N) is 2. The van der Waals surface area contributed by atoms with Crippen LogP contribution in [0.2, 0.25) is 0 Å². The van der Waals surface area contributed by atoms with Crippen molar-refractivity contribution in [2.45, 2.75) is 39.0 Å². The van der Waals surface area contributed by atoms with Gasteiger partial charge in [-0.05, 0) is 37.5 Å². The molecule has 2 rings (SSSR count). The molecule has 5 nitrogen and oxygen atoms in total. The van der Waals surface area contributed by atoms with Gasteiger partial charge in [0, 0.05) is 26.7 Å². The summed E-state index contributed by atoms with van der Waals surface area (Å²) in [6.07, 6.45) is 2.36. The van der Waals surface area contributed by atoms with Gasteiger partial charge in [0.25, 0.3) is 0 Å². The number of hydrogen-bond donors (Lipinski definition) is 1. The number of nitrogens with one attached hydrogen (secondary N) is 1. The average Bonchev–Trinajstić information content (AvgIpc) is 3.06. The van der Waals surface area contributed by atoms with Crippen LogP contribution in [0.25, 0.3) is 0 Å². The van der Waals surface area contributed by atoms with Crippen LogP contribution < -0.4 is 10.1 Å². The molecule has 134 valence electrons. The third-order valence-electron chi connectivity index (χ3n) is 3.73. The van der Waals surface area contributed by atoms with E-state index in [0.29, 0.717) is 13.1 Å². The van der Waals surface area contributed by atoms with Crippen molar-refractivity contribution in [2.24, 2.45) is 4.99 Å². The maximum absolute atomic E-state index is 12.2. The summed E-state index contributed by atoms with van der Waals surface area (Å²) < 4.78 is 34.3. The number of rotatable bonds is 7. The highest BCUT2D eigenvalue weighted by Crippen LogP contribution is 2.16. The Morgan fingerprint density at radius 2 is 2.17 bits per heavy atom. The Balaban J connectivity index is 1.93. The van der Waals surface area contributed by atoms with Gasteiger partial charge in [0.15, 0.2) is 5.96 Å². The Morgan fingerprint density at radius 1 is 1.42 bits per heavy atom. The van der Waals surface area contributed by atoms with Gasteiger partial charge in [-0.15, -0.1) is 0 Å². The molecule has 1 N–H and O–H groups in total. The second kappa shape index (κ2) is 9.42. The Morgan fingerprint density at radius 3 is 2.75 bits per heavy atom. The quantitative estimate of drug-likeness (QED) is 0.612. The van der Waals surface area contributed by atoms with Crippen LogP contribution in [0.15, 0.2) is 29.3 Å². The molecule has 7 heteroatoms. The van der Waals surface area contributed by atoms with E-state index in [1.165, 1.54) is 0 Å². The molecule has 0 aromatic heterocycles. The molecule has 1 aliphatic rings. The minimum absolute atomic E-state index is 0.162. The van der Waals surface area contributed by atoms with Crippen molar-refractivity contribution in [2.75, 3.05) is 26.7 Å². The summed E-state index contributed by atoms with van der Waals surface area (Å²) in [6, 6.07) is 6.65. The molecule has 0 saturated carbocycles. The van der Waals surface area contributed by atoms with E-state index in [1.807, 2.05) is 18.9 Å². The first-order chi connectivity index (χ1) is 11.6. The van der Waals surface area contributed by atoms with Crippen molar-refractivity contribution in [3.05, 3.63) is 29.8 Å². The molecule has 0 spiro atoms. The van der Waals surface area contributed by atoms with E-state index >= 15 is 0 Å². The van der Waals surface area contributed by atoms with Gasteiger partial charge in [-0.1, -0.05) is 12.1 Å². The molecule has 1 unspecified atom stereocenters. The van der Waals surface area contributed by atoms with E-state index in [4.69, 9.17) is 4.74 Å². The number of guanidine groups is 1. The summed E-state index contributed by atoms with van der Waals surface area (Å²) in [5.41, 5.74) is 0.988. The Kier molecular flexibility index (Phi) is 7.24. The lowest BCUT2D eigenvalue weighted by Crippen LogP contribution is -2.39. The Hall–Kier alpha value is -1.89. The number of benzene rings is 1. The Labute approximate surface area is 141 Å². The zero-order chi connectivity index (χ0) is 17.4. The van der Waals surface area contributed by atoms with Gasteiger partial charge in [-0.25, -0.2) is 0 Å². The van der Waals surface area contributed by atoms with Crippen LogP contribution in [-0.4, -0.2) is 50.3 Å². The molecule has 1 fully saturated rings. The highest BCUT2D eigenvalue weighted by Gasteiger charge is 2.16. The number of hydrogen-bond acceptors (Lipinski definition) is 3.